The van der Waals surface area contributed by atoms with Crippen LogP contribution >= 0.6 is 0 Å². The lowest BCUT2D eigenvalue weighted by molar-refractivity contribution is 0.771. The zero-order chi connectivity index (χ0) is 10.5. The van der Waals surface area contributed by atoms with E-state index in [0.717, 1.165) is 17.8 Å². The minimum Gasteiger partial charge on any atom is -0.374 e. The van der Waals surface area contributed by atoms with Crippen LogP contribution in [0.3, 0.4) is 0 Å². The van der Waals surface area contributed by atoms with Gasteiger partial charge in [0.25, 0.3) is 0 Å². The molecule has 2 rings (SSSR count). The molecule has 1 aromatic heterocycles. The maximum absolute atomic E-state index is 3.96. The van der Waals surface area contributed by atoms with Crippen molar-refractivity contribution in [1.29, 1.82) is 0 Å². The van der Waals surface area contributed by atoms with E-state index in [2.05, 4.69) is 39.9 Å². The molecule has 1 aromatic rings. The Morgan fingerprint density at radius 3 is 2.73 bits per heavy atom. The molecule has 0 aliphatic carbocycles. The summed E-state index contributed by atoms with van der Waals surface area (Å²) >= 11 is 0. The fourth-order valence-electron chi connectivity index (χ4n) is 1.45. The van der Waals surface area contributed by atoms with E-state index in [1.165, 1.54) is 5.57 Å². The molecule has 0 saturated heterocycles. The van der Waals surface area contributed by atoms with Gasteiger partial charge < -0.3 is 10.6 Å². The Bertz CT molecular complexity index is 398. The fourth-order valence-corrected chi connectivity index (χ4v) is 1.45. The van der Waals surface area contributed by atoms with Crippen LogP contribution in [0.1, 0.15) is 12.5 Å². The molecule has 0 amide bonds. The third-order valence-electron chi connectivity index (χ3n) is 2.26. The SMILES string of the molecule is CC1=C(c2cn[nH]c2)/C=C\NCNC=C1. The van der Waals surface area contributed by atoms with Gasteiger partial charge in [-0.1, -0.05) is 0 Å². The summed E-state index contributed by atoms with van der Waals surface area (Å²) in [5, 5.41) is 13.0. The van der Waals surface area contributed by atoms with Gasteiger partial charge in [0.05, 0.1) is 12.9 Å². The molecule has 0 saturated carbocycles. The van der Waals surface area contributed by atoms with Crippen molar-refractivity contribution in [3.8, 4) is 0 Å². The number of nitrogens with zero attached hydrogens (tertiary/aromatic N) is 1. The van der Waals surface area contributed by atoms with Crippen molar-refractivity contribution in [3.63, 3.8) is 0 Å². The summed E-state index contributed by atoms with van der Waals surface area (Å²) in [6, 6.07) is 0. The number of H-pyrrole nitrogens is 1. The van der Waals surface area contributed by atoms with E-state index in [0.29, 0.717) is 0 Å². The van der Waals surface area contributed by atoms with Gasteiger partial charge in [-0.05, 0) is 42.6 Å². The molecule has 0 unspecified atom stereocenters. The van der Waals surface area contributed by atoms with Crippen molar-refractivity contribution in [2.75, 3.05) is 6.67 Å². The maximum Gasteiger partial charge on any atom is 0.0840 e. The molecule has 0 bridgehead atoms. The largest absolute Gasteiger partial charge is 0.374 e. The predicted molar refractivity (Wildman–Crippen MR) is 60.6 cm³/mol. The van der Waals surface area contributed by atoms with Gasteiger partial charge in [0.2, 0.25) is 0 Å². The van der Waals surface area contributed by atoms with E-state index in [4.69, 9.17) is 0 Å². The second kappa shape index (κ2) is 4.50. The minimum atomic E-state index is 0.735. The van der Waals surface area contributed by atoms with E-state index >= 15 is 0 Å². The molecule has 0 aromatic carbocycles. The Morgan fingerprint density at radius 1 is 1.20 bits per heavy atom. The van der Waals surface area contributed by atoms with Gasteiger partial charge in [-0.3, -0.25) is 5.10 Å². The van der Waals surface area contributed by atoms with Crippen molar-refractivity contribution in [3.05, 3.63) is 48.1 Å². The predicted octanol–water partition coefficient (Wildman–Crippen LogP) is 1.36. The third kappa shape index (κ3) is 2.28. The molecular weight excluding hydrogens is 188 g/mol. The molecule has 4 nitrogen and oxygen atoms in total. The first-order valence-corrected chi connectivity index (χ1v) is 4.88. The summed E-state index contributed by atoms with van der Waals surface area (Å²) < 4.78 is 0. The van der Waals surface area contributed by atoms with Gasteiger partial charge in [0, 0.05) is 11.8 Å². The molecule has 0 atom stereocenters. The van der Waals surface area contributed by atoms with Crippen LogP contribution in [0.25, 0.3) is 5.57 Å². The number of hydrogen-bond acceptors (Lipinski definition) is 3. The van der Waals surface area contributed by atoms with Crippen LogP contribution in [0.5, 0.6) is 0 Å². The van der Waals surface area contributed by atoms with Crippen molar-refractivity contribution >= 4 is 5.57 Å². The third-order valence-corrected chi connectivity index (χ3v) is 2.26. The van der Waals surface area contributed by atoms with Crippen LogP contribution in [0, 0.1) is 0 Å². The van der Waals surface area contributed by atoms with Crippen molar-refractivity contribution < 1.29 is 0 Å². The second-order valence-corrected chi connectivity index (χ2v) is 3.34. The maximum atomic E-state index is 3.96. The van der Waals surface area contributed by atoms with E-state index in [1.54, 1.807) is 0 Å². The number of aromatic amines is 1. The second-order valence-electron chi connectivity index (χ2n) is 3.34. The average molecular weight is 202 g/mol. The summed E-state index contributed by atoms with van der Waals surface area (Å²) in [7, 11) is 0. The first kappa shape index (κ1) is 9.58. The Kier molecular flexibility index (Phi) is 2.88. The lowest BCUT2D eigenvalue weighted by atomic mass is 10.0. The Balaban J connectivity index is 2.39. The number of rotatable bonds is 1. The molecule has 0 fully saturated rings. The fraction of sp³-hybridized carbons (Fsp3) is 0.182. The van der Waals surface area contributed by atoms with Gasteiger partial charge in [-0.25, -0.2) is 0 Å². The monoisotopic (exact) mass is 202 g/mol. The van der Waals surface area contributed by atoms with Crippen LogP contribution in [0.4, 0.5) is 0 Å². The van der Waals surface area contributed by atoms with Gasteiger partial charge >= 0.3 is 0 Å². The molecule has 15 heavy (non-hydrogen) atoms. The molecule has 4 heteroatoms. The minimum absolute atomic E-state index is 0.735. The standard InChI is InChI=1S/C11H14N4/c1-9-2-4-12-8-13-5-3-11(9)10-6-14-15-7-10/h2-7,12-13H,8H2,1H3,(H,14,15)/b4-2?,5-3-,11-9?. The Hall–Kier alpha value is -1.97. The first-order valence-electron chi connectivity index (χ1n) is 4.88. The first-order chi connectivity index (χ1) is 7.38. The molecule has 2 heterocycles. The van der Waals surface area contributed by atoms with E-state index < -0.39 is 0 Å². The Morgan fingerprint density at radius 2 is 2.00 bits per heavy atom. The molecular formula is C11H14N4. The summed E-state index contributed by atoms with van der Waals surface area (Å²) in [6.07, 6.45) is 11.7. The van der Waals surface area contributed by atoms with Gasteiger partial charge in [0.1, 0.15) is 0 Å². The van der Waals surface area contributed by atoms with Gasteiger partial charge in [-0.2, -0.15) is 5.10 Å². The number of nitrogens with one attached hydrogen (secondary N) is 3. The molecule has 0 radical (unpaired) electrons. The normalized spacial score (nSPS) is 18.5. The zero-order valence-corrected chi connectivity index (χ0v) is 8.62. The van der Waals surface area contributed by atoms with Crippen molar-refractivity contribution in [1.82, 2.24) is 20.8 Å². The van der Waals surface area contributed by atoms with Crippen LogP contribution in [0.2, 0.25) is 0 Å². The summed E-state index contributed by atoms with van der Waals surface area (Å²) in [5.41, 5.74) is 3.46. The quantitative estimate of drug-likeness (QED) is 0.644. The molecule has 3 N–H and O–H groups in total. The molecule has 0 spiro atoms. The summed E-state index contributed by atoms with van der Waals surface area (Å²) in [4.78, 5) is 0. The smallest absolute Gasteiger partial charge is 0.0840 e. The highest BCUT2D eigenvalue weighted by Crippen LogP contribution is 2.19. The molecule has 1 aliphatic rings. The zero-order valence-electron chi connectivity index (χ0n) is 8.62. The van der Waals surface area contributed by atoms with E-state index in [-0.39, 0.29) is 0 Å². The molecule has 1 aliphatic heterocycles. The number of allylic oxidation sites excluding steroid dienone is 4. The lowest BCUT2D eigenvalue weighted by Crippen LogP contribution is -2.19. The summed E-state index contributed by atoms with van der Waals surface area (Å²) in [6.45, 7) is 2.81. The van der Waals surface area contributed by atoms with Crippen molar-refractivity contribution in [2.45, 2.75) is 6.92 Å². The van der Waals surface area contributed by atoms with E-state index in [1.807, 2.05) is 24.8 Å². The van der Waals surface area contributed by atoms with Crippen LogP contribution in [-0.4, -0.2) is 16.9 Å². The highest BCUT2D eigenvalue weighted by molar-refractivity contribution is 5.77. The van der Waals surface area contributed by atoms with E-state index in [9.17, 15) is 0 Å². The van der Waals surface area contributed by atoms with Crippen LogP contribution in [0.15, 0.2) is 42.5 Å². The number of hydrogen-bond donors (Lipinski definition) is 3. The molecule has 78 valence electrons. The van der Waals surface area contributed by atoms with Crippen molar-refractivity contribution in [2.24, 2.45) is 0 Å². The van der Waals surface area contributed by atoms with Crippen LogP contribution in [-0.2, 0) is 0 Å². The topological polar surface area (TPSA) is 52.7 Å². The summed E-state index contributed by atoms with van der Waals surface area (Å²) in [5.74, 6) is 0. The highest BCUT2D eigenvalue weighted by Gasteiger charge is 2.02. The Labute approximate surface area is 88.8 Å². The lowest BCUT2D eigenvalue weighted by Gasteiger charge is -2.01. The van der Waals surface area contributed by atoms with Gasteiger partial charge in [0.15, 0.2) is 0 Å². The van der Waals surface area contributed by atoms with Gasteiger partial charge in [-0.15, -0.1) is 0 Å². The highest BCUT2D eigenvalue weighted by atomic mass is 15.1. The number of aromatic nitrogens is 2. The average Bonchev–Trinajstić information content (AvgIpc) is 2.75. The van der Waals surface area contributed by atoms with Crippen LogP contribution < -0.4 is 10.6 Å².